The zero-order chi connectivity index (χ0) is 19.5. The van der Waals surface area contributed by atoms with Gasteiger partial charge < -0.3 is 9.80 Å². The number of thiophene rings is 1. The molecule has 0 radical (unpaired) electrons. The van der Waals surface area contributed by atoms with Crippen LogP contribution in [0.25, 0.3) is 5.57 Å². The lowest BCUT2D eigenvalue weighted by atomic mass is 9.99. The zero-order valence-corrected chi connectivity index (χ0v) is 16.4. The summed E-state index contributed by atoms with van der Waals surface area (Å²) in [6.07, 6.45) is 1.34. The van der Waals surface area contributed by atoms with E-state index in [4.69, 9.17) is 0 Å². The monoisotopic (exact) mass is 394 g/mol. The van der Waals surface area contributed by atoms with Crippen molar-refractivity contribution in [3.63, 3.8) is 0 Å². The van der Waals surface area contributed by atoms with Gasteiger partial charge in [-0.3, -0.25) is 14.4 Å². The summed E-state index contributed by atoms with van der Waals surface area (Å²) in [5.74, 6) is 0.0859. The Hall–Kier alpha value is -2.73. The molecule has 5 nitrogen and oxygen atoms in total. The fraction of sp³-hybridized carbons (Fsp3) is 0.318. The minimum Gasteiger partial charge on any atom is -0.339 e. The Morgan fingerprint density at radius 1 is 0.893 bits per heavy atom. The lowest BCUT2D eigenvalue weighted by Crippen LogP contribution is -2.50. The van der Waals surface area contributed by atoms with Crippen LogP contribution in [-0.2, 0) is 9.59 Å². The van der Waals surface area contributed by atoms with Crippen molar-refractivity contribution < 1.29 is 14.4 Å². The number of carbonyl (C=O) groups excluding carboxylic acids is 3. The van der Waals surface area contributed by atoms with Gasteiger partial charge in [0.05, 0.1) is 11.3 Å². The second-order valence-electron chi connectivity index (χ2n) is 7.07. The van der Waals surface area contributed by atoms with E-state index in [1.54, 1.807) is 9.80 Å². The fourth-order valence-corrected chi connectivity index (χ4v) is 4.54. The average molecular weight is 394 g/mol. The number of Topliss-reactive ketones (excluding diaryl/α,β-unsaturated/α-hetero) is 1. The van der Waals surface area contributed by atoms with Gasteiger partial charge in [-0.2, -0.15) is 0 Å². The molecule has 1 aliphatic heterocycles. The normalized spacial score (nSPS) is 17.4. The molecular weight excluding hydrogens is 372 g/mol. The van der Waals surface area contributed by atoms with Gasteiger partial charge in [0, 0.05) is 38.2 Å². The van der Waals surface area contributed by atoms with Crippen molar-refractivity contribution in [2.45, 2.75) is 19.3 Å². The molecule has 0 unspecified atom stereocenters. The number of benzene rings is 1. The van der Waals surface area contributed by atoms with Gasteiger partial charge in [0.1, 0.15) is 0 Å². The first-order valence-corrected chi connectivity index (χ1v) is 10.4. The first-order chi connectivity index (χ1) is 13.6. The summed E-state index contributed by atoms with van der Waals surface area (Å²) in [4.78, 5) is 41.9. The van der Waals surface area contributed by atoms with E-state index in [0.29, 0.717) is 44.6 Å². The van der Waals surface area contributed by atoms with Gasteiger partial charge in [0.25, 0.3) is 5.91 Å². The van der Waals surface area contributed by atoms with Gasteiger partial charge in [-0.05, 0) is 29.0 Å². The summed E-state index contributed by atoms with van der Waals surface area (Å²) >= 11 is 1.44. The lowest BCUT2D eigenvalue weighted by Gasteiger charge is -2.34. The molecule has 1 aliphatic carbocycles. The zero-order valence-electron chi connectivity index (χ0n) is 15.6. The molecule has 1 saturated heterocycles. The SMILES string of the molecule is O=C1CCC(c2ccccc2)=C1CC(=O)N1CCN(C(=O)c2cccs2)CC1. The molecule has 0 N–H and O–H groups in total. The van der Waals surface area contributed by atoms with Crippen molar-refractivity contribution in [2.75, 3.05) is 26.2 Å². The first kappa shape index (κ1) is 18.6. The molecule has 2 heterocycles. The molecule has 1 aromatic carbocycles. The molecule has 2 aliphatic rings. The molecule has 2 amide bonds. The van der Waals surface area contributed by atoms with E-state index in [-0.39, 0.29) is 24.0 Å². The molecule has 2 aromatic rings. The van der Waals surface area contributed by atoms with Crippen LogP contribution in [0.15, 0.2) is 53.4 Å². The van der Waals surface area contributed by atoms with E-state index < -0.39 is 0 Å². The third-order valence-electron chi connectivity index (χ3n) is 5.40. The van der Waals surface area contributed by atoms with Crippen molar-refractivity contribution in [1.29, 1.82) is 0 Å². The molecule has 1 aromatic heterocycles. The van der Waals surface area contributed by atoms with Crippen molar-refractivity contribution in [2.24, 2.45) is 0 Å². The van der Waals surface area contributed by atoms with E-state index in [1.807, 2.05) is 47.8 Å². The molecule has 144 valence electrons. The fourth-order valence-electron chi connectivity index (χ4n) is 3.85. The molecule has 0 bridgehead atoms. The van der Waals surface area contributed by atoms with Crippen LogP contribution in [0.1, 0.15) is 34.5 Å². The highest BCUT2D eigenvalue weighted by Crippen LogP contribution is 2.33. The predicted octanol–water partition coefficient (Wildman–Crippen LogP) is 3.24. The maximum atomic E-state index is 12.8. The quantitative estimate of drug-likeness (QED) is 0.800. The molecule has 0 spiro atoms. The number of hydrogen-bond donors (Lipinski definition) is 0. The van der Waals surface area contributed by atoms with Gasteiger partial charge in [-0.25, -0.2) is 0 Å². The molecule has 6 heteroatoms. The summed E-state index contributed by atoms with van der Waals surface area (Å²) in [5, 5.41) is 1.89. The van der Waals surface area contributed by atoms with Gasteiger partial charge in [0.2, 0.25) is 5.91 Å². The van der Waals surface area contributed by atoms with E-state index in [0.717, 1.165) is 16.0 Å². The highest BCUT2D eigenvalue weighted by atomic mass is 32.1. The van der Waals surface area contributed by atoms with Gasteiger partial charge in [0.15, 0.2) is 5.78 Å². The summed E-state index contributed by atoms with van der Waals surface area (Å²) in [6, 6.07) is 13.5. The van der Waals surface area contributed by atoms with Crippen molar-refractivity contribution in [3.05, 3.63) is 63.9 Å². The third kappa shape index (κ3) is 3.78. The van der Waals surface area contributed by atoms with Gasteiger partial charge >= 0.3 is 0 Å². The molecule has 1 fully saturated rings. The Labute approximate surface area is 168 Å². The van der Waals surface area contributed by atoms with Crippen LogP contribution in [0.3, 0.4) is 0 Å². The van der Waals surface area contributed by atoms with Crippen LogP contribution in [0, 0.1) is 0 Å². The number of rotatable bonds is 4. The Balaban J connectivity index is 1.40. The van der Waals surface area contributed by atoms with Crippen LogP contribution < -0.4 is 0 Å². The number of piperazine rings is 1. The summed E-state index contributed by atoms with van der Waals surface area (Å²) in [5.41, 5.74) is 2.70. The smallest absolute Gasteiger partial charge is 0.264 e. The minimum absolute atomic E-state index is 0.0260. The second kappa shape index (κ2) is 8.10. The maximum Gasteiger partial charge on any atom is 0.264 e. The van der Waals surface area contributed by atoms with Gasteiger partial charge in [-0.15, -0.1) is 11.3 Å². The molecule has 4 rings (SSSR count). The molecular formula is C22H22N2O3S. The largest absolute Gasteiger partial charge is 0.339 e. The average Bonchev–Trinajstić information content (AvgIpc) is 3.39. The van der Waals surface area contributed by atoms with E-state index in [1.165, 1.54) is 11.3 Å². The van der Waals surface area contributed by atoms with Crippen molar-refractivity contribution in [1.82, 2.24) is 9.80 Å². The number of allylic oxidation sites excluding steroid dienone is 1. The lowest BCUT2D eigenvalue weighted by molar-refractivity contribution is -0.132. The molecule has 28 heavy (non-hydrogen) atoms. The third-order valence-corrected chi connectivity index (χ3v) is 6.26. The van der Waals surface area contributed by atoms with Crippen molar-refractivity contribution >= 4 is 34.5 Å². The number of carbonyl (C=O) groups is 3. The predicted molar refractivity (Wildman–Crippen MR) is 109 cm³/mol. The summed E-state index contributed by atoms with van der Waals surface area (Å²) in [6.45, 7) is 2.08. The minimum atomic E-state index is -0.0260. The number of ketones is 1. The van der Waals surface area contributed by atoms with Crippen LogP contribution >= 0.6 is 11.3 Å². The van der Waals surface area contributed by atoms with E-state index >= 15 is 0 Å². The Bertz CT molecular complexity index is 911. The maximum absolute atomic E-state index is 12.8. The first-order valence-electron chi connectivity index (χ1n) is 9.54. The van der Waals surface area contributed by atoms with Crippen LogP contribution in [0.2, 0.25) is 0 Å². The highest BCUT2D eigenvalue weighted by molar-refractivity contribution is 7.12. The standard InChI is InChI=1S/C22H22N2O3S/c25-19-9-8-17(16-5-2-1-3-6-16)18(19)15-21(26)23-10-12-24(13-11-23)22(27)20-7-4-14-28-20/h1-7,14H,8-13,15H2. The van der Waals surface area contributed by atoms with Crippen LogP contribution in [0.5, 0.6) is 0 Å². The van der Waals surface area contributed by atoms with Crippen LogP contribution in [-0.4, -0.2) is 53.6 Å². The summed E-state index contributed by atoms with van der Waals surface area (Å²) in [7, 11) is 0. The van der Waals surface area contributed by atoms with Gasteiger partial charge in [-0.1, -0.05) is 36.4 Å². The highest BCUT2D eigenvalue weighted by Gasteiger charge is 2.30. The number of amides is 2. The Kier molecular flexibility index (Phi) is 5.39. The van der Waals surface area contributed by atoms with Crippen LogP contribution in [0.4, 0.5) is 0 Å². The number of hydrogen-bond acceptors (Lipinski definition) is 4. The topological polar surface area (TPSA) is 57.7 Å². The van der Waals surface area contributed by atoms with Crippen molar-refractivity contribution in [3.8, 4) is 0 Å². The second-order valence-corrected chi connectivity index (χ2v) is 8.02. The van der Waals surface area contributed by atoms with E-state index in [2.05, 4.69) is 0 Å². The Morgan fingerprint density at radius 3 is 2.29 bits per heavy atom. The Morgan fingerprint density at radius 2 is 1.61 bits per heavy atom. The molecule has 0 saturated carbocycles. The summed E-state index contributed by atoms with van der Waals surface area (Å²) < 4.78 is 0. The van der Waals surface area contributed by atoms with E-state index in [9.17, 15) is 14.4 Å². The molecule has 0 atom stereocenters. The number of nitrogens with zero attached hydrogens (tertiary/aromatic N) is 2.